The number of hydrogen-bond acceptors (Lipinski definition) is 5. The van der Waals surface area contributed by atoms with Gasteiger partial charge in [0.1, 0.15) is 4.83 Å². The third kappa shape index (κ3) is 3.28. The second-order valence-electron chi connectivity index (χ2n) is 6.20. The van der Waals surface area contributed by atoms with Crippen LogP contribution in [-0.2, 0) is 24.2 Å². The number of aryl methyl sites for hydroxylation is 1. The molecule has 1 aliphatic carbocycles. The minimum Gasteiger partial charge on any atom is -0.370 e. The van der Waals surface area contributed by atoms with Gasteiger partial charge in [0.2, 0.25) is 5.91 Å². The molecule has 0 aromatic carbocycles. The van der Waals surface area contributed by atoms with Crippen molar-refractivity contribution in [3.8, 4) is 0 Å². The van der Waals surface area contributed by atoms with E-state index in [0.29, 0.717) is 23.4 Å². The van der Waals surface area contributed by atoms with Gasteiger partial charge < -0.3 is 5.73 Å². The summed E-state index contributed by atoms with van der Waals surface area (Å²) in [6.45, 7) is 6.41. The highest BCUT2D eigenvalue weighted by molar-refractivity contribution is 7.99. The summed E-state index contributed by atoms with van der Waals surface area (Å²) in [5, 5.41) is 1.42. The lowest BCUT2D eigenvalue weighted by atomic mass is 9.89. The molecular formula is C17H21N3O2S2. The van der Waals surface area contributed by atoms with Crippen LogP contribution in [0.25, 0.3) is 10.2 Å². The van der Waals surface area contributed by atoms with E-state index < -0.39 is 0 Å². The van der Waals surface area contributed by atoms with Crippen molar-refractivity contribution in [2.45, 2.75) is 44.3 Å². The van der Waals surface area contributed by atoms with Crippen LogP contribution in [0.4, 0.5) is 0 Å². The van der Waals surface area contributed by atoms with Gasteiger partial charge in [-0.05, 0) is 30.7 Å². The lowest BCUT2D eigenvalue weighted by molar-refractivity contribution is -0.117. The predicted molar refractivity (Wildman–Crippen MR) is 99.8 cm³/mol. The number of carbonyl (C=O) groups is 1. The molecule has 0 fully saturated rings. The van der Waals surface area contributed by atoms with E-state index in [9.17, 15) is 9.59 Å². The highest BCUT2D eigenvalue weighted by Gasteiger charge is 2.24. The SMILES string of the molecule is C=CCn1c(SCCC(N)=O)nc2sc3c(c2c1=O)CC[C@H](C)C3. The molecule has 0 unspecified atom stereocenters. The molecule has 7 heteroatoms. The largest absolute Gasteiger partial charge is 0.370 e. The van der Waals surface area contributed by atoms with E-state index in [2.05, 4.69) is 13.5 Å². The van der Waals surface area contributed by atoms with Gasteiger partial charge >= 0.3 is 0 Å². The van der Waals surface area contributed by atoms with Gasteiger partial charge in [-0.15, -0.1) is 17.9 Å². The fraction of sp³-hybridized carbons (Fsp3) is 0.471. The number of amides is 1. The minimum atomic E-state index is -0.346. The first-order chi connectivity index (χ1) is 11.5. The number of thiophene rings is 1. The van der Waals surface area contributed by atoms with Crippen molar-refractivity contribution in [3.05, 3.63) is 33.4 Å². The molecule has 1 amide bonds. The third-order valence-corrected chi connectivity index (χ3v) is 6.40. The second kappa shape index (κ2) is 7.11. The number of primary amides is 1. The summed E-state index contributed by atoms with van der Waals surface area (Å²) in [5.41, 5.74) is 6.40. The molecular weight excluding hydrogens is 342 g/mol. The van der Waals surface area contributed by atoms with E-state index in [4.69, 9.17) is 10.7 Å². The number of aromatic nitrogens is 2. The van der Waals surface area contributed by atoms with Gasteiger partial charge in [-0.1, -0.05) is 24.8 Å². The Hall–Kier alpha value is -1.60. The average Bonchev–Trinajstić information content (AvgIpc) is 2.87. The Morgan fingerprint density at radius 3 is 3.08 bits per heavy atom. The maximum Gasteiger partial charge on any atom is 0.263 e. The first kappa shape index (κ1) is 17.2. The van der Waals surface area contributed by atoms with Crippen molar-refractivity contribution in [3.63, 3.8) is 0 Å². The summed E-state index contributed by atoms with van der Waals surface area (Å²) in [6.07, 6.45) is 5.07. The number of hydrogen-bond donors (Lipinski definition) is 1. The third-order valence-electron chi connectivity index (χ3n) is 4.27. The number of rotatable bonds is 6. The Morgan fingerprint density at radius 1 is 1.58 bits per heavy atom. The van der Waals surface area contributed by atoms with Gasteiger partial charge in [-0.25, -0.2) is 4.98 Å². The van der Waals surface area contributed by atoms with Crippen LogP contribution in [0.5, 0.6) is 0 Å². The van der Waals surface area contributed by atoms with Gasteiger partial charge in [-0.3, -0.25) is 14.2 Å². The van der Waals surface area contributed by atoms with Crippen LogP contribution >= 0.6 is 23.1 Å². The van der Waals surface area contributed by atoms with Gasteiger partial charge in [0, 0.05) is 23.6 Å². The molecule has 0 spiro atoms. The smallest absolute Gasteiger partial charge is 0.263 e. The molecule has 0 bridgehead atoms. The van der Waals surface area contributed by atoms with Crippen molar-refractivity contribution in [2.24, 2.45) is 11.7 Å². The van der Waals surface area contributed by atoms with Crippen molar-refractivity contribution in [1.82, 2.24) is 9.55 Å². The molecule has 24 heavy (non-hydrogen) atoms. The number of carbonyl (C=O) groups excluding carboxylic acids is 1. The topological polar surface area (TPSA) is 78.0 Å². The Morgan fingerprint density at radius 2 is 2.38 bits per heavy atom. The van der Waals surface area contributed by atoms with Gasteiger partial charge in [0.25, 0.3) is 5.56 Å². The molecule has 3 rings (SSSR count). The number of nitrogens with two attached hydrogens (primary N) is 1. The monoisotopic (exact) mass is 363 g/mol. The van der Waals surface area contributed by atoms with Crippen molar-refractivity contribution in [2.75, 3.05) is 5.75 Å². The number of thioether (sulfide) groups is 1. The summed E-state index contributed by atoms with van der Waals surface area (Å²) < 4.78 is 1.66. The first-order valence-corrected chi connectivity index (χ1v) is 9.88. The second-order valence-corrected chi connectivity index (χ2v) is 8.34. The van der Waals surface area contributed by atoms with Crippen LogP contribution in [-0.4, -0.2) is 21.2 Å². The first-order valence-electron chi connectivity index (χ1n) is 8.08. The Kier molecular flexibility index (Phi) is 5.10. The molecule has 0 saturated heterocycles. The van der Waals surface area contributed by atoms with E-state index >= 15 is 0 Å². The maximum atomic E-state index is 13.0. The van der Waals surface area contributed by atoms with Gasteiger partial charge in [-0.2, -0.15) is 0 Å². The van der Waals surface area contributed by atoms with Crippen molar-refractivity contribution < 1.29 is 4.79 Å². The van der Waals surface area contributed by atoms with Crippen molar-refractivity contribution >= 4 is 39.2 Å². The summed E-state index contributed by atoms with van der Waals surface area (Å²) in [5.74, 6) is 0.833. The Labute approximate surface area is 149 Å². The number of nitrogens with zero attached hydrogens (tertiary/aromatic N) is 2. The fourth-order valence-corrected chi connectivity index (χ4v) is 5.43. The summed E-state index contributed by atoms with van der Waals surface area (Å²) in [7, 11) is 0. The predicted octanol–water partition coefficient (Wildman–Crippen LogP) is 2.74. The van der Waals surface area contributed by atoms with Crippen LogP contribution < -0.4 is 11.3 Å². The lowest BCUT2D eigenvalue weighted by Crippen LogP contribution is -2.23. The van der Waals surface area contributed by atoms with E-state index in [1.165, 1.54) is 22.2 Å². The highest BCUT2D eigenvalue weighted by Crippen LogP contribution is 2.36. The van der Waals surface area contributed by atoms with E-state index in [1.54, 1.807) is 22.0 Å². The van der Waals surface area contributed by atoms with Crippen LogP contribution in [0, 0.1) is 5.92 Å². The molecule has 2 aromatic heterocycles. The number of allylic oxidation sites excluding steroid dienone is 1. The molecule has 2 N–H and O–H groups in total. The average molecular weight is 364 g/mol. The molecule has 0 saturated carbocycles. The molecule has 0 radical (unpaired) electrons. The normalized spacial score (nSPS) is 17.0. The standard InChI is InChI=1S/C17H21N3O2S2/c1-3-7-20-16(22)14-11-5-4-10(2)9-12(11)24-15(14)19-17(20)23-8-6-13(18)21/h3,10H,1,4-9H2,2H3,(H2,18,21)/t10-/m0/s1. The summed E-state index contributed by atoms with van der Waals surface area (Å²) in [4.78, 5) is 30.8. The highest BCUT2D eigenvalue weighted by atomic mass is 32.2. The Balaban J connectivity index is 2.08. The van der Waals surface area contributed by atoms with Gasteiger partial charge in [0.15, 0.2) is 5.16 Å². The van der Waals surface area contributed by atoms with Crippen LogP contribution in [0.2, 0.25) is 0 Å². The zero-order chi connectivity index (χ0) is 17.3. The maximum absolute atomic E-state index is 13.0. The summed E-state index contributed by atoms with van der Waals surface area (Å²) in [6, 6.07) is 0. The molecule has 2 heterocycles. The summed E-state index contributed by atoms with van der Waals surface area (Å²) >= 11 is 3.04. The zero-order valence-electron chi connectivity index (χ0n) is 13.7. The molecule has 1 aliphatic rings. The lowest BCUT2D eigenvalue weighted by Gasteiger charge is -2.17. The molecule has 5 nitrogen and oxygen atoms in total. The van der Waals surface area contributed by atoms with Crippen LogP contribution in [0.3, 0.4) is 0 Å². The van der Waals surface area contributed by atoms with E-state index in [1.807, 2.05) is 0 Å². The van der Waals surface area contributed by atoms with Crippen molar-refractivity contribution in [1.29, 1.82) is 0 Å². The molecule has 128 valence electrons. The molecule has 1 atom stereocenters. The zero-order valence-corrected chi connectivity index (χ0v) is 15.3. The quantitative estimate of drug-likeness (QED) is 0.486. The van der Waals surface area contributed by atoms with E-state index in [-0.39, 0.29) is 17.9 Å². The van der Waals surface area contributed by atoms with Gasteiger partial charge in [0.05, 0.1) is 5.39 Å². The Bertz CT molecular complexity index is 854. The fourth-order valence-electron chi connectivity index (χ4n) is 3.05. The number of fused-ring (bicyclic) bond motifs is 3. The van der Waals surface area contributed by atoms with E-state index in [0.717, 1.165) is 29.5 Å². The minimum absolute atomic E-state index is 0.00790. The van der Waals surface area contributed by atoms with Crippen LogP contribution in [0.1, 0.15) is 30.2 Å². The van der Waals surface area contributed by atoms with Crippen LogP contribution in [0.15, 0.2) is 22.6 Å². The molecule has 2 aromatic rings. The molecule has 0 aliphatic heterocycles.